The monoisotopic (exact) mass is 609 g/mol. The fraction of sp³-hybridized carbons (Fsp3) is 0.536. The van der Waals surface area contributed by atoms with Crippen molar-refractivity contribution in [1.29, 1.82) is 0 Å². The van der Waals surface area contributed by atoms with Crippen molar-refractivity contribution in [2.45, 2.75) is 78.3 Å². The molecule has 2 atom stereocenters. The Morgan fingerprint density at radius 3 is 2.18 bits per heavy atom. The molecular weight excluding hydrogens is 570 g/mol. The smallest absolute Gasteiger partial charge is 0.326 e. The summed E-state index contributed by atoms with van der Waals surface area (Å²) in [4.78, 5) is 62.3. The Morgan fingerprint density at radius 1 is 1.05 bits per heavy atom. The molecule has 1 aromatic rings. The quantitative estimate of drug-likeness (QED) is 0.250. The summed E-state index contributed by atoms with van der Waals surface area (Å²) in [6.07, 6.45) is 0.977. The van der Waals surface area contributed by atoms with Crippen LogP contribution in [0.1, 0.15) is 66.4 Å². The number of benzene rings is 1. The number of carboxylic acid groups (broad SMARTS) is 2. The van der Waals surface area contributed by atoms with Crippen LogP contribution in [0.3, 0.4) is 0 Å². The first-order valence-electron chi connectivity index (χ1n) is 12.6. The van der Waals surface area contributed by atoms with E-state index in [1.807, 2.05) is 58.9 Å². The van der Waals surface area contributed by atoms with Crippen LogP contribution in [0, 0.1) is 5.41 Å². The lowest BCUT2D eigenvalue weighted by Crippen LogP contribution is -2.54. The molecular formula is C28H40BrN3O7. The molecule has 0 aromatic heterocycles. The van der Waals surface area contributed by atoms with Crippen LogP contribution in [0.2, 0.25) is 0 Å². The van der Waals surface area contributed by atoms with Crippen LogP contribution in [-0.2, 0) is 29.4 Å². The van der Waals surface area contributed by atoms with Gasteiger partial charge in [-0.15, -0.1) is 0 Å². The molecule has 0 bridgehead atoms. The van der Waals surface area contributed by atoms with Gasteiger partial charge < -0.3 is 25.7 Å². The molecule has 0 aliphatic rings. The minimum absolute atomic E-state index is 0.0386. The number of carbonyl (C=O) groups is 5. The molecule has 0 saturated heterocycles. The average Bonchev–Trinajstić information content (AvgIpc) is 2.81. The van der Waals surface area contributed by atoms with Crippen molar-refractivity contribution < 1.29 is 34.2 Å². The molecule has 1 aromatic carbocycles. The number of aliphatic carboxylic acids is 2. The highest BCUT2D eigenvalue weighted by molar-refractivity contribution is 9.10. The van der Waals surface area contributed by atoms with E-state index < -0.39 is 47.2 Å². The van der Waals surface area contributed by atoms with Gasteiger partial charge in [0.2, 0.25) is 17.7 Å². The highest BCUT2D eigenvalue weighted by Gasteiger charge is 2.36. The number of amides is 3. The maximum Gasteiger partial charge on any atom is 0.326 e. The summed E-state index contributed by atoms with van der Waals surface area (Å²) in [5.41, 5.74) is 0.0743. The summed E-state index contributed by atoms with van der Waals surface area (Å²) in [5.74, 6) is -3.79. The highest BCUT2D eigenvalue weighted by atomic mass is 79.9. The van der Waals surface area contributed by atoms with Crippen LogP contribution in [0.25, 0.3) is 0 Å². The molecule has 0 spiro atoms. The van der Waals surface area contributed by atoms with E-state index in [0.717, 1.165) is 10.0 Å². The highest BCUT2D eigenvalue weighted by Crippen LogP contribution is 2.29. The molecule has 0 radical (unpaired) electrons. The number of likely N-dealkylation sites (N-methyl/N-ethyl adjacent to an activating group) is 1. The Bertz CT molecular complexity index is 1110. The number of rotatable bonds is 13. The van der Waals surface area contributed by atoms with Crippen LogP contribution in [0.4, 0.5) is 0 Å². The number of carbonyl (C=O) groups excluding carboxylic acids is 3. The lowest BCUT2D eigenvalue weighted by molar-refractivity contribution is -0.142. The molecule has 0 fully saturated rings. The number of nitrogens with zero attached hydrogens (tertiary/aromatic N) is 1. The van der Waals surface area contributed by atoms with E-state index in [4.69, 9.17) is 5.11 Å². The first-order chi connectivity index (χ1) is 17.8. The number of halogens is 1. The van der Waals surface area contributed by atoms with Gasteiger partial charge in [-0.05, 0) is 41.9 Å². The van der Waals surface area contributed by atoms with Crippen LogP contribution < -0.4 is 10.6 Å². The van der Waals surface area contributed by atoms with Crippen LogP contribution in [-0.4, -0.2) is 70.4 Å². The molecule has 10 nitrogen and oxygen atoms in total. The van der Waals surface area contributed by atoms with Crippen molar-refractivity contribution in [3.05, 3.63) is 46.0 Å². The van der Waals surface area contributed by atoms with Crippen molar-refractivity contribution in [1.82, 2.24) is 15.5 Å². The molecule has 3 amide bonds. The fourth-order valence-electron chi connectivity index (χ4n) is 3.75. The Labute approximate surface area is 238 Å². The molecule has 2 unspecified atom stereocenters. The summed E-state index contributed by atoms with van der Waals surface area (Å²) in [6, 6.07) is 5.55. The van der Waals surface area contributed by atoms with E-state index in [-0.39, 0.29) is 36.8 Å². The van der Waals surface area contributed by atoms with Gasteiger partial charge in [-0.25, -0.2) is 4.79 Å². The number of carboxylic acids is 2. The standard InChI is InChI=1S/C28H40BrN3O7/c1-17(24(36)30-20(26(38)39)11-12-22(34)35)13-14-32(7)25(37)23(27(2,3)4)31-21(33)16-28(5,6)18-9-8-10-19(29)15-18/h8-10,13,15,20,23H,11-12,14,16H2,1-7H3,(H,30,36)(H,31,33)(H,34,35)(H,38,39)/b17-13+. The Hall–Kier alpha value is -3.21. The molecule has 0 aliphatic carbocycles. The molecule has 1 rings (SSSR count). The maximum absolute atomic E-state index is 13.3. The molecule has 11 heteroatoms. The molecule has 216 valence electrons. The third kappa shape index (κ3) is 11.2. The average molecular weight is 611 g/mol. The summed E-state index contributed by atoms with van der Waals surface area (Å²) >= 11 is 3.46. The first kappa shape index (κ1) is 33.8. The van der Waals surface area contributed by atoms with E-state index in [1.165, 1.54) is 17.9 Å². The van der Waals surface area contributed by atoms with Gasteiger partial charge in [0.15, 0.2) is 0 Å². The zero-order valence-electron chi connectivity index (χ0n) is 23.6. The molecule has 0 heterocycles. The van der Waals surface area contributed by atoms with Gasteiger partial charge in [-0.2, -0.15) is 0 Å². The molecule has 39 heavy (non-hydrogen) atoms. The Kier molecular flexibility index (Phi) is 12.4. The Morgan fingerprint density at radius 2 is 1.67 bits per heavy atom. The van der Waals surface area contributed by atoms with Crippen molar-refractivity contribution in [3.63, 3.8) is 0 Å². The van der Waals surface area contributed by atoms with Gasteiger partial charge >= 0.3 is 11.9 Å². The molecule has 4 N–H and O–H groups in total. The second-order valence-electron chi connectivity index (χ2n) is 11.3. The maximum atomic E-state index is 13.3. The predicted octanol–water partition coefficient (Wildman–Crippen LogP) is 3.49. The topological polar surface area (TPSA) is 153 Å². The first-order valence-corrected chi connectivity index (χ1v) is 13.4. The lowest BCUT2D eigenvalue weighted by Gasteiger charge is -2.34. The second kappa shape index (κ2) is 14.3. The van der Waals surface area contributed by atoms with E-state index in [2.05, 4.69) is 26.6 Å². The second-order valence-corrected chi connectivity index (χ2v) is 12.3. The van der Waals surface area contributed by atoms with E-state index in [0.29, 0.717) is 0 Å². The summed E-state index contributed by atoms with van der Waals surface area (Å²) in [5, 5.41) is 23.2. The summed E-state index contributed by atoms with van der Waals surface area (Å²) in [7, 11) is 1.55. The van der Waals surface area contributed by atoms with E-state index in [9.17, 15) is 29.1 Å². The predicted molar refractivity (Wildman–Crippen MR) is 151 cm³/mol. The molecule has 0 saturated carbocycles. The minimum Gasteiger partial charge on any atom is -0.481 e. The van der Waals surface area contributed by atoms with Crippen molar-refractivity contribution >= 4 is 45.6 Å². The SMILES string of the molecule is C/C(=C\CN(C)C(=O)C(NC(=O)CC(C)(C)c1cccc(Br)c1)C(C)(C)C)C(=O)NC(CCC(=O)O)C(=O)O. The van der Waals surface area contributed by atoms with E-state index in [1.54, 1.807) is 7.05 Å². The largest absolute Gasteiger partial charge is 0.481 e. The van der Waals surface area contributed by atoms with Crippen LogP contribution in [0.5, 0.6) is 0 Å². The van der Waals surface area contributed by atoms with Crippen LogP contribution >= 0.6 is 15.9 Å². The fourth-order valence-corrected chi connectivity index (χ4v) is 4.15. The van der Waals surface area contributed by atoms with Gasteiger partial charge in [0, 0.05) is 36.5 Å². The number of nitrogens with one attached hydrogen (secondary N) is 2. The normalized spacial score (nSPS) is 13.7. The number of hydrogen-bond donors (Lipinski definition) is 4. The van der Waals surface area contributed by atoms with Crippen molar-refractivity contribution in [2.24, 2.45) is 5.41 Å². The van der Waals surface area contributed by atoms with Gasteiger partial charge in [0.05, 0.1) is 0 Å². The number of hydrogen-bond acceptors (Lipinski definition) is 5. The molecule has 0 aliphatic heterocycles. The summed E-state index contributed by atoms with van der Waals surface area (Å²) in [6.45, 7) is 11.0. The van der Waals surface area contributed by atoms with E-state index >= 15 is 0 Å². The van der Waals surface area contributed by atoms with Crippen molar-refractivity contribution in [2.75, 3.05) is 13.6 Å². The Balaban J connectivity index is 2.90. The van der Waals surface area contributed by atoms with Gasteiger partial charge in [-0.3, -0.25) is 19.2 Å². The van der Waals surface area contributed by atoms with Gasteiger partial charge in [-0.1, -0.05) is 68.8 Å². The van der Waals surface area contributed by atoms with Gasteiger partial charge in [0.25, 0.3) is 0 Å². The zero-order chi connectivity index (χ0) is 30.1. The third-order valence-electron chi connectivity index (χ3n) is 6.28. The van der Waals surface area contributed by atoms with Crippen molar-refractivity contribution in [3.8, 4) is 0 Å². The lowest BCUT2D eigenvalue weighted by atomic mass is 9.80. The van der Waals surface area contributed by atoms with Crippen LogP contribution in [0.15, 0.2) is 40.4 Å². The third-order valence-corrected chi connectivity index (χ3v) is 6.78. The van der Waals surface area contributed by atoms with Gasteiger partial charge in [0.1, 0.15) is 12.1 Å². The zero-order valence-corrected chi connectivity index (χ0v) is 25.2. The minimum atomic E-state index is -1.35. The summed E-state index contributed by atoms with van der Waals surface area (Å²) < 4.78 is 0.911.